The molecule has 0 fully saturated rings. The van der Waals surface area contributed by atoms with Crippen molar-refractivity contribution in [1.29, 1.82) is 0 Å². The largest absolute Gasteiger partial charge is 0.298 e. The molecule has 1 aromatic heterocycles. The van der Waals surface area contributed by atoms with Gasteiger partial charge in [-0.1, -0.05) is 22.0 Å². The van der Waals surface area contributed by atoms with Crippen LogP contribution in [0.1, 0.15) is 10.4 Å². The molecule has 0 unspecified atom stereocenters. The summed E-state index contributed by atoms with van der Waals surface area (Å²) in [6.07, 6.45) is 0. The zero-order valence-corrected chi connectivity index (χ0v) is 14.2. The zero-order chi connectivity index (χ0) is 17.3. The summed E-state index contributed by atoms with van der Waals surface area (Å²) in [5.41, 5.74) is -0.377. The van der Waals surface area contributed by atoms with Crippen LogP contribution in [0, 0.1) is 17.5 Å². The van der Waals surface area contributed by atoms with E-state index in [1.807, 2.05) is 0 Å². The van der Waals surface area contributed by atoms with E-state index in [4.69, 9.17) is 0 Å². The van der Waals surface area contributed by atoms with Gasteiger partial charge in [0.1, 0.15) is 17.5 Å². The van der Waals surface area contributed by atoms with Crippen molar-refractivity contribution in [1.82, 2.24) is 4.98 Å². The van der Waals surface area contributed by atoms with Gasteiger partial charge in [0.2, 0.25) is 0 Å². The van der Waals surface area contributed by atoms with Crippen LogP contribution in [-0.4, -0.2) is 10.9 Å². The number of halogens is 4. The fraction of sp³-hybridized carbons (Fsp3) is 0. The summed E-state index contributed by atoms with van der Waals surface area (Å²) in [6.45, 7) is 0. The summed E-state index contributed by atoms with van der Waals surface area (Å²) in [7, 11) is 0. The molecule has 0 saturated heterocycles. The van der Waals surface area contributed by atoms with E-state index in [-0.39, 0.29) is 22.0 Å². The van der Waals surface area contributed by atoms with E-state index in [1.165, 1.54) is 23.6 Å². The zero-order valence-electron chi connectivity index (χ0n) is 11.8. The molecule has 3 aromatic rings. The number of anilines is 1. The average Bonchev–Trinajstić information content (AvgIpc) is 2.95. The van der Waals surface area contributed by atoms with Crippen LogP contribution in [-0.2, 0) is 0 Å². The van der Waals surface area contributed by atoms with E-state index in [2.05, 4.69) is 26.2 Å². The van der Waals surface area contributed by atoms with E-state index in [1.54, 1.807) is 0 Å². The maximum atomic E-state index is 13.8. The van der Waals surface area contributed by atoms with Gasteiger partial charge in [0, 0.05) is 9.85 Å². The molecule has 0 aliphatic heterocycles. The predicted molar refractivity (Wildman–Crippen MR) is 89.5 cm³/mol. The highest BCUT2D eigenvalue weighted by Crippen LogP contribution is 2.29. The fourth-order valence-electron chi connectivity index (χ4n) is 2.03. The Hall–Kier alpha value is -2.19. The number of nitrogens with zero attached hydrogens (tertiary/aromatic N) is 1. The first-order chi connectivity index (χ1) is 11.5. The minimum atomic E-state index is -0.753. The van der Waals surface area contributed by atoms with Crippen LogP contribution < -0.4 is 5.32 Å². The maximum absolute atomic E-state index is 13.8. The molecule has 8 heteroatoms. The van der Waals surface area contributed by atoms with Gasteiger partial charge in [-0.2, -0.15) is 0 Å². The third-order valence-electron chi connectivity index (χ3n) is 3.12. The second-order valence-electron chi connectivity index (χ2n) is 4.71. The highest BCUT2D eigenvalue weighted by molar-refractivity contribution is 9.10. The summed E-state index contributed by atoms with van der Waals surface area (Å²) in [5, 5.41) is 3.94. The number of hydrogen-bond acceptors (Lipinski definition) is 3. The molecule has 0 saturated carbocycles. The molecule has 0 radical (unpaired) electrons. The van der Waals surface area contributed by atoms with Gasteiger partial charge in [-0.3, -0.25) is 10.1 Å². The normalized spacial score (nSPS) is 10.7. The monoisotopic (exact) mass is 412 g/mol. The van der Waals surface area contributed by atoms with Crippen molar-refractivity contribution in [2.75, 3.05) is 5.32 Å². The lowest BCUT2D eigenvalue weighted by Crippen LogP contribution is -2.13. The molecule has 0 bridgehead atoms. The SMILES string of the molecule is O=C(Nc1nc(-c2c(F)cccc2F)cs1)c1ccc(Br)cc1F. The van der Waals surface area contributed by atoms with Crippen LogP contribution in [0.15, 0.2) is 46.3 Å². The van der Waals surface area contributed by atoms with E-state index >= 15 is 0 Å². The molecule has 1 amide bonds. The number of carbonyl (C=O) groups excluding carboxylic acids is 1. The van der Waals surface area contributed by atoms with Crippen molar-refractivity contribution in [3.8, 4) is 11.3 Å². The number of rotatable bonds is 3. The molecule has 1 N–H and O–H groups in total. The van der Waals surface area contributed by atoms with Crippen molar-refractivity contribution < 1.29 is 18.0 Å². The number of hydrogen-bond donors (Lipinski definition) is 1. The topological polar surface area (TPSA) is 42.0 Å². The Morgan fingerprint density at radius 3 is 2.46 bits per heavy atom. The van der Waals surface area contributed by atoms with Crippen LogP contribution in [0.2, 0.25) is 0 Å². The first-order valence-corrected chi connectivity index (χ1v) is 8.29. The van der Waals surface area contributed by atoms with Crippen LogP contribution >= 0.6 is 27.3 Å². The average molecular weight is 413 g/mol. The second kappa shape index (κ2) is 6.74. The van der Waals surface area contributed by atoms with Crippen molar-refractivity contribution in [2.24, 2.45) is 0 Å². The lowest BCUT2D eigenvalue weighted by molar-refractivity contribution is 0.102. The highest BCUT2D eigenvalue weighted by atomic mass is 79.9. The third-order valence-corrected chi connectivity index (χ3v) is 4.37. The minimum Gasteiger partial charge on any atom is -0.298 e. The van der Waals surface area contributed by atoms with Gasteiger partial charge < -0.3 is 0 Å². The Kier molecular flexibility index (Phi) is 4.68. The molecular weight excluding hydrogens is 405 g/mol. The number of amides is 1. The molecule has 3 rings (SSSR count). The van der Waals surface area contributed by atoms with Crippen molar-refractivity contribution in [2.45, 2.75) is 0 Å². The van der Waals surface area contributed by atoms with Gasteiger partial charge in [0.25, 0.3) is 5.91 Å². The lowest BCUT2D eigenvalue weighted by Gasteiger charge is -2.04. The summed E-state index contributed by atoms with van der Waals surface area (Å²) >= 11 is 4.09. The number of carbonyl (C=O) groups is 1. The van der Waals surface area contributed by atoms with E-state index in [0.29, 0.717) is 4.47 Å². The Morgan fingerprint density at radius 2 is 1.79 bits per heavy atom. The maximum Gasteiger partial charge on any atom is 0.260 e. The van der Waals surface area contributed by atoms with Crippen LogP contribution in [0.5, 0.6) is 0 Å². The molecule has 3 nitrogen and oxygen atoms in total. The van der Waals surface area contributed by atoms with Crippen LogP contribution in [0.25, 0.3) is 11.3 Å². The van der Waals surface area contributed by atoms with Gasteiger partial charge in [-0.15, -0.1) is 11.3 Å². The van der Waals surface area contributed by atoms with Gasteiger partial charge in [0.05, 0.1) is 16.8 Å². The highest BCUT2D eigenvalue weighted by Gasteiger charge is 2.17. The predicted octanol–water partition coefficient (Wildman–Crippen LogP) is 5.24. The van der Waals surface area contributed by atoms with E-state index in [0.717, 1.165) is 29.5 Å². The van der Waals surface area contributed by atoms with Crippen molar-refractivity contribution in [3.63, 3.8) is 0 Å². The van der Waals surface area contributed by atoms with E-state index in [9.17, 15) is 18.0 Å². The Balaban J connectivity index is 1.85. The standard InChI is InChI=1S/C16H8BrF3N2OS/c17-8-4-5-9(12(20)6-8)15(23)22-16-21-13(7-24-16)14-10(18)2-1-3-11(14)19/h1-7H,(H,21,22,23). The van der Waals surface area contributed by atoms with Crippen molar-refractivity contribution in [3.05, 3.63) is 69.3 Å². The minimum absolute atomic E-state index is 0.0576. The summed E-state index contributed by atoms with van der Waals surface area (Å²) in [6, 6.07) is 7.50. The first-order valence-electron chi connectivity index (χ1n) is 6.62. The first kappa shape index (κ1) is 16.7. The Labute approximate surface area is 147 Å². The third kappa shape index (κ3) is 3.34. The Morgan fingerprint density at radius 1 is 1.08 bits per heavy atom. The van der Waals surface area contributed by atoms with Crippen molar-refractivity contribution >= 4 is 38.3 Å². The summed E-state index contributed by atoms with van der Waals surface area (Å²) < 4.78 is 41.8. The second-order valence-corrected chi connectivity index (χ2v) is 6.49. The quantitative estimate of drug-likeness (QED) is 0.638. The van der Waals surface area contributed by atoms with Crippen LogP contribution in [0.4, 0.5) is 18.3 Å². The molecule has 0 atom stereocenters. The lowest BCUT2D eigenvalue weighted by atomic mass is 10.1. The molecule has 0 spiro atoms. The number of thiazole rings is 1. The van der Waals surface area contributed by atoms with Gasteiger partial charge in [0.15, 0.2) is 5.13 Å². The van der Waals surface area contributed by atoms with Gasteiger partial charge in [-0.25, -0.2) is 18.2 Å². The van der Waals surface area contributed by atoms with Crippen LogP contribution in [0.3, 0.4) is 0 Å². The number of aromatic nitrogens is 1. The number of benzene rings is 2. The number of nitrogens with one attached hydrogen (secondary N) is 1. The molecule has 122 valence electrons. The van der Waals surface area contributed by atoms with E-state index < -0.39 is 23.4 Å². The smallest absolute Gasteiger partial charge is 0.260 e. The fourth-order valence-corrected chi connectivity index (χ4v) is 3.06. The summed E-state index contributed by atoms with van der Waals surface area (Å²) in [5.74, 6) is -2.90. The van der Waals surface area contributed by atoms with Gasteiger partial charge in [-0.05, 0) is 30.3 Å². The molecular formula is C16H8BrF3N2OS. The molecule has 0 aliphatic carbocycles. The van der Waals surface area contributed by atoms with Gasteiger partial charge >= 0.3 is 0 Å². The molecule has 2 aromatic carbocycles. The molecule has 0 aliphatic rings. The molecule has 24 heavy (non-hydrogen) atoms. The molecule has 1 heterocycles. The summed E-state index contributed by atoms with van der Waals surface area (Å²) in [4.78, 5) is 16.1. The Bertz CT molecular complexity index is 909.